The van der Waals surface area contributed by atoms with Crippen LogP contribution in [0.2, 0.25) is 0 Å². The predicted molar refractivity (Wildman–Crippen MR) is 274 cm³/mol. The number of carbonyl (C=O) groups excluding carboxylic acids is 1. The van der Waals surface area contributed by atoms with Crippen LogP contribution < -0.4 is 5.73 Å². The number of ether oxygens (including phenoxy) is 2. The molecule has 0 aromatic carbocycles. The molecule has 64 heavy (non-hydrogen) atoms. The first-order valence-electron chi connectivity index (χ1n) is 24.3. The molecule has 0 saturated heterocycles. The number of phosphoric ester groups is 1. The third-order valence-electron chi connectivity index (χ3n) is 9.25. The minimum atomic E-state index is -4.31. The molecule has 2 unspecified atom stereocenters. The fraction of sp³-hybridized carbons (Fsp3) is 0.545. The molecule has 9 heteroatoms. The van der Waals surface area contributed by atoms with Crippen molar-refractivity contribution in [3.8, 4) is 0 Å². The Balaban J connectivity index is 4.17. The van der Waals surface area contributed by atoms with Gasteiger partial charge in [-0.15, -0.1) is 0 Å². The zero-order chi connectivity index (χ0) is 46.5. The largest absolute Gasteiger partial charge is 0.472 e. The normalized spacial score (nSPS) is 14.6. The molecule has 0 spiro atoms. The molecular weight excluding hydrogens is 818 g/mol. The Morgan fingerprint density at radius 1 is 0.469 bits per heavy atom. The smallest absolute Gasteiger partial charge is 0.457 e. The van der Waals surface area contributed by atoms with E-state index in [1.54, 1.807) is 0 Å². The molecule has 0 heterocycles. The summed E-state index contributed by atoms with van der Waals surface area (Å²) in [5.41, 5.74) is 5.38. The standard InChI is InChI=1S/C55H88NO7P/c1-3-5-7-9-11-13-15-17-19-21-23-25-27-28-30-32-34-36-38-40-42-44-46-48-55(57)63-54(53-62-64(58,59)61-51-49-56)52-60-50-47-45-43-41-39-37-35-33-31-29-26-24-22-20-18-16-14-12-10-8-6-4-2/h5-8,11-14,17-20,23-26,28,30-31,33-34,36-37,39,54H,3-4,9-10,15-16,21-22,27,29,32,35,38,40-53,56H2,1-2H3,(H,58,59)/b7-5-,8-6-,13-11-,14-12-,19-17-,20-18-,25-23-,26-24-,30-28-,33-31-,36-34-,39-37-. The van der Waals surface area contributed by atoms with Gasteiger partial charge in [0.05, 0.1) is 19.8 Å². The molecule has 0 aromatic rings. The summed E-state index contributed by atoms with van der Waals surface area (Å²) in [6, 6.07) is 0. The van der Waals surface area contributed by atoms with Gasteiger partial charge >= 0.3 is 13.8 Å². The van der Waals surface area contributed by atoms with Crippen LogP contribution in [-0.2, 0) is 27.9 Å². The topological polar surface area (TPSA) is 117 Å². The minimum Gasteiger partial charge on any atom is -0.457 e. The van der Waals surface area contributed by atoms with Gasteiger partial charge in [0.2, 0.25) is 0 Å². The van der Waals surface area contributed by atoms with Crippen molar-refractivity contribution in [3.63, 3.8) is 0 Å². The van der Waals surface area contributed by atoms with Crippen molar-refractivity contribution in [1.82, 2.24) is 0 Å². The number of nitrogens with two attached hydrogens (primary N) is 1. The summed E-state index contributed by atoms with van der Waals surface area (Å²) in [4.78, 5) is 22.6. The van der Waals surface area contributed by atoms with Gasteiger partial charge in [0, 0.05) is 19.6 Å². The van der Waals surface area contributed by atoms with Crippen LogP contribution in [0, 0.1) is 0 Å². The quantitative estimate of drug-likeness (QED) is 0.0269. The fourth-order valence-electron chi connectivity index (χ4n) is 5.77. The van der Waals surface area contributed by atoms with Gasteiger partial charge < -0.3 is 20.1 Å². The molecule has 0 bridgehead atoms. The van der Waals surface area contributed by atoms with Gasteiger partial charge in [0.15, 0.2) is 0 Å². The number of allylic oxidation sites excluding steroid dienone is 24. The van der Waals surface area contributed by atoms with E-state index in [9.17, 15) is 14.3 Å². The maximum absolute atomic E-state index is 12.6. The van der Waals surface area contributed by atoms with E-state index in [1.165, 1.54) is 0 Å². The number of rotatable bonds is 44. The monoisotopic (exact) mass is 906 g/mol. The maximum atomic E-state index is 12.6. The number of unbranched alkanes of at least 4 members (excludes halogenated alkanes) is 7. The first kappa shape index (κ1) is 60.4. The van der Waals surface area contributed by atoms with Crippen LogP contribution in [-0.4, -0.2) is 49.9 Å². The highest BCUT2D eigenvalue weighted by atomic mass is 31.2. The maximum Gasteiger partial charge on any atom is 0.472 e. The summed E-state index contributed by atoms with van der Waals surface area (Å²) in [5.74, 6) is -0.374. The van der Waals surface area contributed by atoms with Gasteiger partial charge in [-0.05, 0) is 116 Å². The molecule has 3 N–H and O–H groups in total. The highest BCUT2D eigenvalue weighted by Gasteiger charge is 2.25. The minimum absolute atomic E-state index is 0.0712. The fourth-order valence-corrected chi connectivity index (χ4v) is 6.53. The second-order valence-corrected chi connectivity index (χ2v) is 16.7. The SMILES string of the molecule is CC/C=C\C/C=C\C/C=C\C/C=C\C/C=C\C/C=C\CCCCCCC(=O)OC(COCCCCC/C=C\C/C=C\C/C=C\C/C=C\C/C=C\C/C=C\CC)COP(=O)(O)OCCN. The van der Waals surface area contributed by atoms with Gasteiger partial charge in [-0.1, -0.05) is 179 Å². The van der Waals surface area contributed by atoms with Gasteiger partial charge in [-0.3, -0.25) is 13.8 Å². The van der Waals surface area contributed by atoms with E-state index in [2.05, 4.69) is 160 Å². The zero-order valence-electron chi connectivity index (χ0n) is 39.9. The summed E-state index contributed by atoms with van der Waals surface area (Å²) in [6.07, 6.45) is 73.0. The van der Waals surface area contributed by atoms with E-state index in [4.69, 9.17) is 24.3 Å². The Bertz CT molecular complexity index is 1480. The Kier molecular flexibility index (Phi) is 47.5. The summed E-state index contributed by atoms with van der Waals surface area (Å²) in [7, 11) is -4.31. The molecule has 0 radical (unpaired) electrons. The van der Waals surface area contributed by atoms with E-state index < -0.39 is 13.9 Å². The lowest BCUT2D eigenvalue weighted by molar-refractivity contribution is -0.154. The molecule has 0 fully saturated rings. The molecule has 8 nitrogen and oxygen atoms in total. The van der Waals surface area contributed by atoms with E-state index in [-0.39, 0.29) is 38.8 Å². The van der Waals surface area contributed by atoms with E-state index >= 15 is 0 Å². The third kappa shape index (κ3) is 49.4. The zero-order valence-corrected chi connectivity index (χ0v) is 40.8. The molecule has 360 valence electrons. The van der Waals surface area contributed by atoms with Crippen LogP contribution in [0.1, 0.15) is 155 Å². The molecule has 2 atom stereocenters. The van der Waals surface area contributed by atoms with Crippen molar-refractivity contribution in [3.05, 3.63) is 146 Å². The Hall–Kier alpha value is -3.62. The van der Waals surface area contributed by atoms with Crippen molar-refractivity contribution >= 4 is 13.8 Å². The number of hydrogen-bond donors (Lipinski definition) is 2. The summed E-state index contributed by atoms with van der Waals surface area (Å²) >= 11 is 0. The van der Waals surface area contributed by atoms with Crippen LogP contribution in [0.25, 0.3) is 0 Å². The number of phosphoric acid groups is 1. The number of hydrogen-bond acceptors (Lipinski definition) is 7. The van der Waals surface area contributed by atoms with Gasteiger partial charge in [-0.2, -0.15) is 0 Å². The van der Waals surface area contributed by atoms with Crippen molar-refractivity contribution in [1.29, 1.82) is 0 Å². The van der Waals surface area contributed by atoms with Crippen LogP contribution in [0.5, 0.6) is 0 Å². The molecule has 0 aliphatic carbocycles. The van der Waals surface area contributed by atoms with Gasteiger partial charge in [0.25, 0.3) is 0 Å². The van der Waals surface area contributed by atoms with Crippen molar-refractivity contribution in [2.45, 2.75) is 161 Å². The number of carbonyl (C=O) groups is 1. The number of esters is 1. The second-order valence-electron chi connectivity index (χ2n) is 15.2. The lowest BCUT2D eigenvalue weighted by Gasteiger charge is -2.20. The van der Waals surface area contributed by atoms with Crippen LogP contribution in [0.3, 0.4) is 0 Å². The molecule has 0 rings (SSSR count). The van der Waals surface area contributed by atoms with Crippen molar-refractivity contribution < 1.29 is 32.8 Å². The molecule has 0 aliphatic heterocycles. The molecule has 0 aromatic heterocycles. The van der Waals surface area contributed by atoms with E-state index in [1.807, 2.05) is 0 Å². The highest BCUT2D eigenvalue weighted by Crippen LogP contribution is 2.43. The summed E-state index contributed by atoms with van der Waals surface area (Å²) in [6.45, 7) is 4.53. The predicted octanol–water partition coefficient (Wildman–Crippen LogP) is 15.3. The average Bonchev–Trinajstić information content (AvgIpc) is 3.29. The molecular formula is C55H88NO7P. The summed E-state index contributed by atoms with van der Waals surface area (Å²) < 4.78 is 33.5. The lowest BCUT2D eigenvalue weighted by atomic mass is 10.1. The molecule has 0 amide bonds. The van der Waals surface area contributed by atoms with Crippen molar-refractivity contribution in [2.75, 3.05) is 33.0 Å². The molecule has 0 saturated carbocycles. The third-order valence-corrected chi connectivity index (χ3v) is 10.2. The lowest BCUT2D eigenvalue weighted by Crippen LogP contribution is -2.28. The van der Waals surface area contributed by atoms with E-state index in [0.29, 0.717) is 13.0 Å². The second kappa shape index (κ2) is 50.4. The Morgan fingerprint density at radius 2 is 0.828 bits per heavy atom. The molecule has 0 aliphatic rings. The average molecular weight is 906 g/mol. The summed E-state index contributed by atoms with van der Waals surface area (Å²) in [5, 5.41) is 0. The van der Waals surface area contributed by atoms with Crippen molar-refractivity contribution in [2.24, 2.45) is 5.73 Å². The Morgan fingerprint density at radius 3 is 1.22 bits per heavy atom. The first-order valence-corrected chi connectivity index (χ1v) is 25.8. The van der Waals surface area contributed by atoms with Crippen LogP contribution in [0.15, 0.2) is 146 Å². The van der Waals surface area contributed by atoms with Gasteiger partial charge in [0.1, 0.15) is 6.10 Å². The van der Waals surface area contributed by atoms with E-state index in [0.717, 1.165) is 128 Å². The Labute approximate surface area is 390 Å². The van der Waals surface area contributed by atoms with Crippen LogP contribution >= 0.6 is 7.82 Å². The van der Waals surface area contributed by atoms with Crippen LogP contribution in [0.4, 0.5) is 0 Å². The highest BCUT2D eigenvalue weighted by molar-refractivity contribution is 7.47. The first-order chi connectivity index (χ1) is 31.4. The van der Waals surface area contributed by atoms with Gasteiger partial charge in [-0.25, -0.2) is 4.57 Å².